The van der Waals surface area contributed by atoms with E-state index in [1.165, 1.54) is 0 Å². The Morgan fingerprint density at radius 2 is 2.09 bits per heavy atom. The van der Waals surface area contributed by atoms with E-state index in [2.05, 4.69) is 11.1 Å². The summed E-state index contributed by atoms with van der Waals surface area (Å²) in [7, 11) is 1.56. The minimum atomic E-state index is -0.312. The van der Waals surface area contributed by atoms with Crippen LogP contribution < -0.4 is 15.3 Å². The van der Waals surface area contributed by atoms with Crippen LogP contribution >= 0.6 is 0 Å². The third-order valence-electron chi connectivity index (χ3n) is 3.65. The van der Waals surface area contributed by atoms with Gasteiger partial charge in [-0.1, -0.05) is 24.3 Å². The van der Waals surface area contributed by atoms with Crippen LogP contribution in [0.15, 0.2) is 47.5 Å². The van der Waals surface area contributed by atoms with Crippen LogP contribution in [0.1, 0.15) is 11.1 Å². The molecule has 108 valence electrons. The number of carbonyl (C=O) groups is 1. The Hall–Kier alpha value is -2.93. The number of amides is 1. The minimum absolute atomic E-state index is 0.153. The minimum Gasteiger partial charge on any atom is -0.497 e. The fourth-order valence-electron chi connectivity index (χ4n) is 2.58. The average Bonchev–Trinajstić information content (AvgIpc) is 2.55. The molecule has 0 N–H and O–H groups in total. The molecule has 1 aliphatic heterocycles. The second kappa shape index (κ2) is 5.82. The molecule has 1 unspecified atom stereocenters. The van der Waals surface area contributed by atoms with Crippen LogP contribution in [0.25, 0.3) is 6.08 Å². The predicted octanol–water partition coefficient (Wildman–Crippen LogP) is 1.37. The van der Waals surface area contributed by atoms with Crippen LogP contribution in [0, 0.1) is 17.2 Å². The predicted molar refractivity (Wildman–Crippen MR) is 81.6 cm³/mol. The monoisotopic (exact) mass is 290 g/mol. The van der Waals surface area contributed by atoms with Crippen molar-refractivity contribution in [3.8, 4) is 11.8 Å². The zero-order chi connectivity index (χ0) is 15.5. The topological polar surface area (TPSA) is 62.4 Å². The maximum absolute atomic E-state index is 12.2. The quantitative estimate of drug-likeness (QED) is 0.857. The lowest BCUT2D eigenvalue weighted by Gasteiger charge is -2.13. The highest BCUT2D eigenvalue weighted by Crippen LogP contribution is 2.20. The molecule has 0 spiro atoms. The van der Waals surface area contributed by atoms with Crippen molar-refractivity contribution in [1.82, 2.24) is 0 Å². The molecule has 0 saturated heterocycles. The summed E-state index contributed by atoms with van der Waals surface area (Å²) >= 11 is 0. The molecule has 1 aliphatic rings. The molecule has 1 amide bonds. The number of carbonyl (C=O) groups excluding carboxylic acids is 1. The fourth-order valence-corrected chi connectivity index (χ4v) is 2.58. The number of nitrogens with zero attached hydrogens (tertiary/aromatic N) is 2. The first-order chi connectivity index (χ1) is 10.7. The third-order valence-corrected chi connectivity index (χ3v) is 3.65. The number of nitriles is 1. The van der Waals surface area contributed by atoms with Gasteiger partial charge in [-0.05, 0) is 41.5 Å². The highest BCUT2D eigenvalue weighted by molar-refractivity contribution is 5.86. The molecule has 1 atom stereocenters. The smallest absolute Gasteiger partial charge is 0.253 e. The van der Waals surface area contributed by atoms with E-state index in [1.807, 2.05) is 36.4 Å². The normalized spacial score (nSPS) is 16.0. The first-order valence-corrected chi connectivity index (χ1v) is 6.97. The Kier molecular flexibility index (Phi) is 3.71. The van der Waals surface area contributed by atoms with E-state index in [9.17, 15) is 4.79 Å². The van der Waals surface area contributed by atoms with Gasteiger partial charge in [-0.15, -0.1) is 0 Å². The van der Waals surface area contributed by atoms with Gasteiger partial charge < -0.3 is 4.74 Å². The number of rotatable bonds is 3. The maximum Gasteiger partial charge on any atom is 0.253 e. The molecule has 0 radical (unpaired) electrons. The molecule has 4 nitrogen and oxygen atoms in total. The molecule has 4 heteroatoms. The van der Waals surface area contributed by atoms with Gasteiger partial charge in [0.2, 0.25) is 0 Å². The second-order valence-electron chi connectivity index (χ2n) is 5.17. The van der Waals surface area contributed by atoms with Crippen molar-refractivity contribution in [1.29, 1.82) is 5.26 Å². The Bertz CT molecular complexity index is 894. The lowest BCUT2D eigenvalue weighted by molar-refractivity contribution is -0.120. The fraction of sp³-hybridized carbons (Fsp3) is 0.167. The molecule has 22 heavy (non-hydrogen) atoms. The standard InChI is InChI=1S/C18H14N2O2/c1-22-16-8-12(6-13(9-16)11-19)7-15-10-14-4-2-3-5-17(14)20-18(15)21/h2-6,8-10,15H,7H2,1H3. The first-order valence-electron chi connectivity index (χ1n) is 6.97. The molecule has 0 aromatic heterocycles. The molecule has 2 aromatic rings. The van der Waals surface area contributed by atoms with Crippen molar-refractivity contribution >= 4 is 12.0 Å². The summed E-state index contributed by atoms with van der Waals surface area (Å²) in [6, 6.07) is 15.0. The van der Waals surface area contributed by atoms with Crippen molar-refractivity contribution < 1.29 is 9.53 Å². The summed E-state index contributed by atoms with van der Waals surface area (Å²) in [5, 5.41) is 10.8. The average molecular weight is 290 g/mol. The zero-order valence-corrected chi connectivity index (χ0v) is 12.1. The van der Waals surface area contributed by atoms with Gasteiger partial charge in [-0.3, -0.25) is 4.79 Å². The van der Waals surface area contributed by atoms with E-state index in [0.717, 1.165) is 10.8 Å². The molecule has 1 heterocycles. The van der Waals surface area contributed by atoms with E-state index in [-0.39, 0.29) is 11.8 Å². The van der Waals surface area contributed by atoms with Crippen LogP contribution in [0.5, 0.6) is 5.75 Å². The molecular formula is C18H14N2O2. The largest absolute Gasteiger partial charge is 0.497 e. The van der Waals surface area contributed by atoms with Gasteiger partial charge in [-0.25, -0.2) is 4.99 Å². The highest BCUT2D eigenvalue weighted by Gasteiger charge is 2.19. The van der Waals surface area contributed by atoms with Crippen LogP contribution in [-0.4, -0.2) is 13.0 Å². The van der Waals surface area contributed by atoms with Gasteiger partial charge in [0.15, 0.2) is 0 Å². The van der Waals surface area contributed by atoms with Crippen LogP contribution in [-0.2, 0) is 11.2 Å². The number of hydrogen-bond donors (Lipinski definition) is 0. The molecule has 0 aliphatic carbocycles. The Labute approximate surface area is 128 Å². The summed E-state index contributed by atoms with van der Waals surface area (Å²) < 4.78 is 5.20. The second-order valence-corrected chi connectivity index (χ2v) is 5.17. The molecule has 0 bridgehead atoms. The van der Waals surface area contributed by atoms with Crippen molar-refractivity contribution in [3.05, 3.63) is 64.2 Å². The van der Waals surface area contributed by atoms with Crippen LogP contribution in [0.4, 0.5) is 0 Å². The van der Waals surface area contributed by atoms with Crippen molar-refractivity contribution in [2.75, 3.05) is 7.11 Å². The summed E-state index contributed by atoms with van der Waals surface area (Å²) in [6.45, 7) is 0. The number of benzene rings is 2. The van der Waals surface area contributed by atoms with Crippen molar-refractivity contribution in [3.63, 3.8) is 0 Å². The summed E-state index contributed by atoms with van der Waals surface area (Å²) in [4.78, 5) is 16.3. The van der Waals surface area contributed by atoms with Crippen LogP contribution in [0.2, 0.25) is 0 Å². The lowest BCUT2D eigenvalue weighted by atomic mass is 9.94. The van der Waals surface area contributed by atoms with Crippen LogP contribution in [0.3, 0.4) is 0 Å². The van der Waals surface area contributed by atoms with Gasteiger partial charge in [0.25, 0.3) is 5.91 Å². The van der Waals surface area contributed by atoms with Gasteiger partial charge in [-0.2, -0.15) is 5.26 Å². The van der Waals surface area contributed by atoms with Gasteiger partial charge in [0, 0.05) is 0 Å². The van der Waals surface area contributed by atoms with E-state index in [0.29, 0.717) is 23.1 Å². The zero-order valence-electron chi connectivity index (χ0n) is 12.1. The Morgan fingerprint density at radius 3 is 2.86 bits per heavy atom. The summed E-state index contributed by atoms with van der Waals surface area (Å²) in [5.74, 6) is 0.156. The molecular weight excluding hydrogens is 276 g/mol. The van der Waals surface area contributed by atoms with Crippen molar-refractivity contribution in [2.45, 2.75) is 6.42 Å². The third kappa shape index (κ3) is 2.75. The molecule has 3 rings (SSSR count). The van der Waals surface area contributed by atoms with E-state index >= 15 is 0 Å². The van der Waals surface area contributed by atoms with Gasteiger partial charge in [0.05, 0.1) is 30.0 Å². The summed E-state index contributed by atoms with van der Waals surface area (Å²) in [6.07, 6.45) is 2.44. The number of ether oxygens (including phenoxy) is 1. The molecule has 2 aromatic carbocycles. The van der Waals surface area contributed by atoms with E-state index < -0.39 is 0 Å². The maximum atomic E-state index is 12.2. The van der Waals surface area contributed by atoms with Gasteiger partial charge in [0.1, 0.15) is 5.75 Å². The molecule has 0 saturated carbocycles. The lowest BCUT2D eigenvalue weighted by Crippen LogP contribution is -2.34. The number of methoxy groups -OCH3 is 1. The SMILES string of the molecule is COc1cc(C#N)cc(CC2C=c3ccccc3=NC2=O)c1. The Balaban J connectivity index is 1.96. The Morgan fingerprint density at radius 1 is 1.27 bits per heavy atom. The first kappa shape index (κ1) is 14.0. The number of para-hydroxylation sites is 1. The highest BCUT2D eigenvalue weighted by atomic mass is 16.5. The summed E-state index contributed by atoms with van der Waals surface area (Å²) in [5.41, 5.74) is 1.41. The molecule has 0 fully saturated rings. The number of fused-ring (bicyclic) bond motifs is 1. The van der Waals surface area contributed by atoms with Gasteiger partial charge >= 0.3 is 0 Å². The van der Waals surface area contributed by atoms with E-state index in [4.69, 9.17) is 10.00 Å². The van der Waals surface area contributed by atoms with E-state index in [1.54, 1.807) is 19.2 Å². The van der Waals surface area contributed by atoms with Crippen molar-refractivity contribution in [2.24, 2.45) is 10.9 Å². The number of hydrogen-bond acceptors (Lipinski definition) is 3.